The van der Waals surface area contributed by atoms with E-state index in [2.05, 4.69) is 103 Å². The van der Waals surface area contributed by atoms with Crippen LogP contribution < -0.4 is 0 Å². The van der Waals surface area contributed by atoms with E-state index in [0.717, 1.165) is 42.1 Å². The molecule has 0 bridgehead atoms. The Bertz CT molecular complexity index is 3340. The molecule has 0 atom stereocenters. The topological polar surface area (TPSA) is 127 Å². The van der Waals surface area contributed by atoms with Crippen LogP contribution in [-0.2, 0) is 9.59 Å². The van der Waals surface area contributed by atoms with Gasteiger partial charge in [-0.05, 0) is 121 Å². The van der Waals surface area contributed by atoms with E-state index in [1.54, 1.807) is 34.8 Å². The van der Waals surface area contributed by atoms with Gasteiger partial charge in [0.1, 0.15) is 23.3 Å². The predicted octanol–water partition coefficient (Wildman–Crippen LogP) is 20.2. The van der Waals surface area contributed by atoms with Crippen molar-refractivity contribution in [1.82, 2.24) is 4.57 Å². The smallest absolute Gasteiger partial charge is 0.346 e. The Morgan fingerprint density at radius 1 is 0.459 bits per heavy atom. The zero-order chi connectivity index (χ0) is 51.6. The summed E-state index contributed by atoms with van der Waals surface area (Å²) in [5.74, 6) is -2.44. The van der Waals surface area contributed by atoms with Crippen LogP contribution in [-0.4, -0.2) is 26.7 Å². The van der Waals surface area contributed by atoms with E-state index in [-0.39, 0.29) is 11.1 Å². The third-order valence-corrected chi connectivity index (χ3v) is 20.7. The molecule has 0 amide bonds. The normalized spacial score (nSPS) is 12.1. The SMILES string of the molecule is CCCCCCCCC(CCCCCCCC)n1c2cc(-c3ccc(-c4ccc(-c5ccc(/C=C(\C#N)C(=O)O)s5)s4)s3)ccc2c2ccc(-c3ccc(-c4ccc(-c5ccc(/C=C(\C#N)C(=O)O)s5)s4)s3)cc21. The van der Waals surface area contributed by atoms with Gasteiger partial charge in [-0.3, -0.25) is 0 Å². The number of hydrogen-bond acceptors (Lipinski definition) is 10. The number of fused-ring (bicyclic) bond motifs is 3. The molecule has 0 unspecified atom stereocenters. The summed E-state index contributed by atoms with van der Waals surface area (Å²) < 4.78 is 2.73. The first kappa shape index (κ1) is 52.7. The van der Waals surface area contributed by atoms with Crippen LogP contribution in [0.5, 0.6) is 0 Å². The van der Waals surface area contributed by atoms with Crippen LogP contribution in [0.4, 0.5) is 0 Å². The maximum atomic E-state index is 11.4. The Morgan fingerprint density at radius 2 is 0.784 bits per heavy atom. The van der Waals surface area contributed by atoms with Gasteiger partial charge in [-0.25, -0.2) is 9.59 Å². The molecule has 0 saturated heterocycles. The summed E-state index contributed by atoms with van der Waals surface area (Å²) >= 11 is 10.0. The highest BCUT2D eigenvalue weighted by Crippen LogP contribution is 2.46. The summed E-state index contributed by atoms with van der Waals surface area (Å²) in [4.78, 5) is 35.9. The fourth-order valence-electron chi connectivity index (χ4n) is 9.62. The molecule has 9 aromatic rings. The minimum atomic E-state index is -1.22. The van der Waals surface area contributed by atoms with Gasteiger partial charge in [0, 0.05) is 75.3 Å². The van der Waals surface area contributed by atoms with Gasteiger partial charge in [0.15, 0.2) is 0 Å². The average molecular weight is 1090 g/mol. The van der Waals surface area contributed by atoms with Gasteiger partial charge in [0.05, 0.1) is 11.0 Å². The van der Waals surface area contributed by atoms with Gasteiger partial charge in [-0.15, -0.1) is 68.0 Å². The van der Waals surface area contributed by atoms with Crippen molar-refractivity contribution >= 4 is 114 Å². The van der Waals surface area contributed by atoms with Crippen molar-refractivity contribution < 1.29 is 19.8 Å². The van der Waals surface area contributed by atoms with Crippen molar-refractivity contribution in [3.05, 3.63) is 130 Å². The maximum absolute atomic E-state index is 11.4. The van der Waals surface area contributed by atoms with Crippen LogP contribution >= 0.6 is 68.0 Å². The molecule has 0 radical (unpaired) electrons. The maximum Gasteiger partial charge on any atom is 0.346 e. The monoisotopic (exact) mass is 1090 g/mol. The molecular formula is C61H57N3O4S6. The Kier molecular flexibility index (Phi) is 17.7. The number of aromatic nitrogens is 1. The highest BCUT2D eigenvalue weighted by molar-refractivity contribution is 7.28. The number of carbonyl (C=O) groups is 2. The zero-order valence-corrected chi connectivity index (χ0v) is 46.4. The van der Waals surface area contributed by atoms with Crippen molar-refractivity contribution in [2.24, 2.45) is 0 Å². The molecule has 0 saturated carbocycles. The second-order valence-corrected chi connectivity index (χ2v) is 25.2. The lowest BCUT2D eigenvalue weighted by atomic mass is 9.99. The number of thiophene rings is 6. The number of carboxylic acid groups (broad SMARTS) is 2. The molecule has 0 fully saturated rings. The lowest BCUT2D eigenvalue weighted by molar-refractivity contribution is -0.133. The van der Waals surface area contributed by atoms with Crippen molar-refractivity contribution in [2.75, 3.05) is 0 Å². The lowest BCUT2D eigenvalue weighted by Gasteiger charge is -2.22. The highest BCUT2D eigenvalue weighted by Gasteiger charge is 2.22. The standard InChI is InChI=1S/C61H57N3O4S6/c1-3-5-7-9-11-13-15-43(16-14-12-10-8-6-4-2)64-48-35-39(50-25-27-56(71-50)58-31-29-54(73-58)52-23-19-44(69-52)33-41(37-62)60(65)66)17-21-46(48)47-22-18-40(36-49(47)64)51-26-28-57(72-51)59-32-30-55(74-59)53-24-20-45(70-53)34-42(38-63)61(67)68/h17-36,43H,3-16H2,1-2H3,(H,65,66)(H,67,68)/b41-33+,42-34+. The molecular weight excluding hydrogens is 1030 g/mol. The van der Waals surface area contributed by atoms with E-state index in [4.69, 9.17) is 0 Å². The van der Waals surface area contributed by atoms with E-state index in [0.29, 0.717) is 6.04 Å². The Labute approximate surface area is 457 Å². The van der Waals surface area contributed by atoms with Crippen molar-refractivity contribution in [1.29, 1.82) is 10.5 Å². The number of carboxylic acids is 2. The lowest BCUT2D eigenvalue weighted by Crippen LogP contribution is -2.09. The van der Waals surface area contributed by atoms with Gasteiger partial charge >= 0.3 is 11.9 Å². The molecule has 0 spiro atoms. The van der Waals surface area contributed by atoms with E-state index >= 15 is 0 Å². The second kappa shape index (κ2) is 24.9. The summed E-state index contributed by atoms with van der Waals surface area (Å²) in [6.07, 6.45) is 20.5. The van der Waals surface area contributed by atoms with E-state index in [9.17, 15) is 30.3 Å². The highest BCUT2D eigenvalue weighted by atomic mass is 32.1. The van der Waals surface area contributed by atoms with Crippen LogP contribution in [0.25, 0.3) is 93.9 Å². The molecule has 376 valence electrons. The molecule has 0 aliphatic heterocycles. The fraction of sp³-hybridized carbons (Fsp3) is 0.279. The van der Waals surface area contributed by atoms with Gasteiger partial charge in [-0.1, -0.05) is 115 Å². The second-order valence-electron chi connectivity index (χ2n) is 18.6. The molecule has 0 aliphatic carbocycles. The Morgan fingerprint density at radius 3 is 1.15 bits per heavy atom. The van der Waals surface area contributed by atoms with Gasteiger partial charge in [0.2, 0.25) is 0 Å². The summed E-state index contributed by atoms with van der Waals surface area (Å²) in [5, 5.41) is 39.8. The number of rotatable bonds is 25. The number of hydrogen-bond donors (Lipinski definition) is 2. The number of aliphatic carboxylic acids is 2. The predicted molar refractivity (Wildman–Crippen MR) is 317 cm³/mol. The quantitative estimate of drug-likeness (QED) is 0.0333. The average Bonchev–Trinajstić information content (AvgIpc) is 4.27. The number of nitriles is 2. The third-order valence-electron chi connectivity index (χ3n) is 13.4. The number of benzene rings is 2. The Hall–Kier alpha value is -6.16. The largest absolute Gasteiger partial charge is 0.477 e. The molecule has 9 rings (SSSR count). The first-order valence-electron chi connectivity index (χ1n) is 25.5. The van der Waals surface area contributed by atoms with Gasteiger partial charge in [-0.2, -0.15) is 10.5 Å². The van der Waals surface area contributed by atoms with Crippen LogP contribution in [0.2, 0.25) is 0 Å². The molecule has 7 heterocycles. The van der Waals surface area contributed by atoms with Gasteiger partial charge in [0.25, 0.3) is 0 Å². The zero-order valence-electron chi connectivity index (χ0n) is 41.5. The summed E-state index contributed by atoms with van der Waals surface area (Å²) in [6.45, 7) is 4.57. The fourth-order valence-corrected chi connectivity index (χ4v) is 15.9. The molecule has 13 heteroatoms. The molecule has 0 aliphatic rings. The molecule has 74 heavy (non-hydrogen) atoms. The Balaban J connectivity index is 1.04. The molecule has 7 nitrogen and oxygen atoms in total. The first-order chi connectivity index (χ1) is 36.1. The van der Waals surface area contributed by atoms with Crippen molar-refractivity contribution in [3.8, 4) is 72.0 Å². The van der Waals surface area contributed by atoms with Crippen molar-refractivity contribution in [3.63, 3.8) is 0 Å². The first-order valence-corrected chi connectivity index (χ1v) is 30.4. The van der Waals surface area contributed by atoms with E-state index < -0.39 is 11.9 Å². The van der Waals surface area contributed by atoms with Gasteiger partial charge < -0.3 is 14.8 Å². The number of nitrogens with zero attached hydrogens (tertiary/aromatic N) is 3. The van der Waals surface area contributed by atoms with Crippen LogP contribution in [0.3, 0.4) is 0 Å². The van der Waals surface area contributed by atoms with Crippen LogP contribution in [0.1, 0.15) is 120 Å². The minimum absolute atomic E-state index is 0.273. The third kappa shape index (κ3) is 12.3. The summed E-state index contributed by atoms with van der Waals surface area (Å²) in [5.41, 5.74) is 4.48. The minimum Gasteiger partial charge on any atom is -0.477 e. The molecule has 2 N–H and O–H groups in total. The summed E-state index contributed by atoms with van der Waals surface area (Å²) in [7, 11) is 0. The molecule has 7 aromatic heterocycles. The van der Waals surface area contributed by atoms with E-state index in [1.807, 2.05) is 46.9 Å². The molecule has 2 aromatic carbocycles. The number of unbranched alkanes of at least 4 members (excludes halogenated alkanes) is 10. The van der Waals surface area contributed by atoms with Crippen LogP contribution in [0, 0.1) is 22.7 Å². The summed E-state index contributed by atoms with van der Waals surface area (Å²) in [6, 6.07) is 43.4. The van der Waals surface area contributed by atoms with Crippen molar-refractivity contribution in [2.45, 2.75) is 110 Å². The van der Waals surface area contributed by atoms with Crippen LogP contribution in [0.15, 0.2) is 120 Å². The van der Waals surface area contributed by atoms with E-state index in [1.165, 1.54) is 174 Å².